The summed E-state index contributed by atoms with van der Waals surface area (Å²) in [5.41, 5.74) is 1.30. The van der Waals surface area contributed by atoms with Gasteiger partial charge in [0.15, 0.2) is 0 Å². The number of hydrogen-bond acceptors (Lipinski definition) is 4. The molecule has 5 heteroatoms. The van der Waals surface area contributed by atoms with Crippen LogP contribution in [0, 0.1) is 0 Å². The Bertz CT molecular complexity index is 613. The van der Waals surface area contributed by atoms with Crippen LogP contribution >= 0.6 is 15.9 Å². The molecule has 4 nitrogen and oxygen atoms in total. The predicted molar refractivity (Wildman–Crippen MR) is 92.4 cm³/mol. The van der Waals surface area contributed by atoms with Crippen molar-refractivity contribution in [1.29, 1.82) is 0 Å². The highest BCUT2D eigenvalue weighted by Gasteiger charge is 2.18. The number of hydrogen-bond donors (Lipinski definition) is 0. The number of nitrogens with zero attached hydrogens (tertiary/aromatic N) is 3. The first-order valence-electron chi connectivity index (χ1n) is 7.47. The van der Waals surface area contributed by atoms with E-state index in [1.807, 2.05) is 24.4 Å². The minimum absolute atomic E-state index is 0.878. The van der Waals surface area contributed by atoms with Crippen LogP contribution < -0.4 is 9.64 Å². The zero-order valence-electron chi connectivity index (χ0n) is 12.7. The summed E-state index contributed by atoms with van der Waals surface area (Å²) in [5.74, 6) is 1.96. The average molecular weight is 362 g/mol. The summed E-state index contributed by atoms with van der Waals surface area (Å²) in [4.78, 5) is 9.26. The Morgan fingerprint density at radius 3 is 2.59 bits per heavy atom. The quantitative estimate of drug-likeness (QED) is 0.836. The third-order valence-corrected chi connectivity index (χ3v) is 4.59. The molecule has 1 aromatic carbocycles. The normalized spacial score (nSPS) is 15.8. The van der Waals surface area contributed by atoms with Gasteiger partial charge in [0, 0.05) is 38.9 Å². The zero-order valence-corrected chi connectivity index (χ0v) is 14.3. The van der Waals surface area contributed by atoms with Gasteiger partial charge in [-0.3, -0.25) is 4.90 Å². The van der Waals surface area contributed by atoms with Crippen molar-refractivity contribution in [3.8, 4) is 5.75 Å². The van der Waals surface area contributed by atoms with Gasteiger partial charge in [0.1, 0.15) is 11.6 Å². The Morgan fingerprint density at radius 1 is 1.14 bits per heavy atom. The number of aromatic nitrogens is 1. The van der Waals surface area contributed by atoms with Crippen LogP contribution in [0.2, 0.25) is 0 Å². The number of methoxy groups -OCH3 is 1. The summed E-state index contributed by atoms with van der Waals surface area (Å²) in [5, 5.41) is 0. The Morgan fingerprint density at radius 2 is 1.95 bits per heavy atom. The number of pyridine rings is 1. The van der Waals surface area contributed by atoms with Gasteiger partial charge in [-0.15, -0.1) is 0 Å². The van der Waals surface area contributed by atoms with Crippen molar-refractivity contribution >= 4 is 21.7 Å². The molecule has 0 amide bonds. The van der Waals surface area contributed by atoms with Crippen molar-refractivity contribution in [3.05, 3.63) is 52.6 Å². The van der Waals surface area contributed by atoms with E-state index in [9.17, 15) is 0 Å². The molecule has 0 N–H and O–H groups in total. The highest BCUT2D eigenvalue weighted by atomic mass is 79.9. The second-order valence-electron chi connectivity index (χ2n) is 5.42. The number of anilines is 1. The fraction of sp³-hybridized carbons (Fsp3) is 0.353. The lowest BCUT2D eigenvalue weighted by atomic mass is 10.2. The molecule has 1 aliphatic rings. The Kier molecular flexibility index (Phi) is 4.95. The fourth-order valence-corrected chi connectivity index (χ4v) is 3.33. The number of ether oxygens (including phenoxy) is 1. The van der Waals surface area contributed by atoms with Gasteiger partial charge in [-0.05, 0) is 45.8 Å². The van der Waals surface area contributed by atoms with Gasteiger partial charge in [-0.2, -0.15) is 0 Å². The molecule has 1 fully saturated rings. The SMILES string of the molecule is COc1ccc(CN2CCN(c3ccccn3)CC2)cc1Br. The molecule has 0 bridgehead atoms. The molecule has 0 unspecified atom stereocenters. The molecular formula is C17H20BrN3O. The highest BCUT2D eigenvalue weighted by Crippen LogP contribution is 2.26. The third kappa shape index (κ3) is 3.59. The fourth-order valence-electron chi connectivity index (χ4n) is 2.74. The Labute approximate surface area is 139 Å². The maximum Gasteiger partial charge on any atom is 0.133 e. The van der Waals surface area contributed by atoms with Crippen molar-refractivity contribution in [1.82, 2.24) is 9.88 Å². The number of rotatable bonds is 4. The van der Waals surface area contributed by atoms with Crippen molar-refractivity contribution in [3.63, 3.8) is 0 Å². The summed E-state index contributed by atoms with van der Waals surface area (Å²) in [6, 6.07) is 12.4. The molecule has 0 atom stereocenters. The highest BCUT2D eigenvalue weighted by molar-refractivity contribution is 9.10. The molecule has 2 heterocycles. The smallest absolute Gasteiger partial charge is 0.133 e. The molecule has 1 aliphatic heterocycles. The van der Waals surface area contributed by atoms with Gasteiger partial charge in [-0.25, -0.2) is 4.98 Å². The van der Waals surface area contributed by atoms with Gasteiger partial charge in [0.2, 0.25) is 0 Å². The van der Waals surface area contributed by atoms with Gasteiger partial charge in [0.25, 0.3) is 0 Å². The number of piperazine rings is 1. The molecule has 0 spiro atoms. The first-order chi connectivity index (χ1) is 10.8. The largest absolute Gasteiger partial charge is 0.496 e. The minimum Gasteiger partial charge on any atom is -0.496 e. The third-order valence-electron chi connectivity index (χ3n) is 3.97. The zero-order chi connectivity index (χ0) is 15.4. The molecule has 22 heavy (non-hydrogen) atoms. The molecule has 1 saturated heterocycles. The second-order valence-corrected chi connectivity index (χ2v) is 6.27. The van der Waals surface area contributed by atoms with Crippen molar-refractivity contribution < 1.29 is 4.74 Å². The molecule has 0 saturated carbocycles. The van der Waals surface area contributed by atoms with Crippen molar-refractivity contribution in [2.45, 2.75) is 6.54 Å². The summed E-state index contributed by atoms with van der Waals surface area (Å²) < 4.78 is 6.29. The maximum atomic E-state index is 5.28. The molecular weight excluding hydrogens is 342 g/mol. The molecule has 2 aromatic rings. The maximum absolute atomic E-state index is 5.28. The van der Waals surface area contributed by atoms with Crippen LogP contribution in [0.5, 0.6) is 5.75 Å². The lowest BCUT2D eigenvalue weighted by Crippen LogP contribution is -2.46. The van der Waals surface area contributed by atoms with E-state index in [2.05, 4.69) is 48.9 Å². The van der Waals surface area contributed by atoms with Gasteiger partial charge in [0.05, 0.1) is 11.6 Å². The van der Waals surface area contributed by atoms with E-state index >= 15 is 0 Å². The topological polar surface area (TPSA) is 28.6 Å². The summed E-state index contributed by atoms with van der Waals surface area (Å²) in [6.45, 7) is 5.13. The van der Waals surface area contributed by atoms with Crippen LogP contribution in [0.15, 0.2) is 47.1 Å². The van der Waals surface area contributed by atoms with E-state index in [1.54, 1.807) is 7.11 Å². The second kappa shape index (κ2) is 7.11. The van der Waals surface area contributed by atoms with Crippen LogP contribution in [0.4, 0.5) is 5.82 Å². The van der Waals surface area contributed by atoms with Gasteiger partial charge >= 0.3 is 0 Å². The number of halogens is 1. The Balaban J connectivity index is 1.57. The predicted octanol–water partition coefficient (Wildman–Crippen LogP) is 3.17. The lowest BCUT2D eigenvalue weighted by molar-refractivity contribution is 0.249. The van der Waals surface area contributed by atoms with Crippen molar-refractivity contribution in [2.75, 3.05) is 38.2 Å². The van der Waals surface area contributed by atoms with Gasteiger partial charge < -0.3 is 9.64 Å². The molecule has 0 aliphatic carbocycles. The van der Waals surface area contributed by atoms with E-state index in [4.69, 9.17) is 4.74 Å². The summed E-state index contributed by atoms with van der Waals surface area (Å²) >= 11 is 3.55. The molecule has 1 aromatic heterocycles. The van der Waals surface area contributed by atoms with E-state index < -0.39 is 0 Å². The van der Waals surface area contributed by atoms with Crippen LogP contribution in [0.25, 0.3) is 0 Å². The minimum atomic E-state index is 0.878. The lowest BCUT2D eigenvalue weighted by Gasteiger charge is -2.35. The average Bonchev–Trinajstić information content (AvgIpc) is 2.57. The first-order valence-corrected chi connectivity index (χ1v) is 8.26. The van der Waals surface area contributed by atoms with Crippen LogP contribution in [0.3, 0.4) is 0 Å². The number of benzene rings is 1. The van der Waals surface area contributed by atoms with Gasteiger partial charge in [-0.1, -0.05) is 12.1 Å². The summed E-state index contributed by atoms with van der Waals surface area (Å²) in [7, 11) is 1.69. The van der Waals surface area contributed by atoms with E-state index in [-0.39, 0.29) is 0 Å². The standard InChI is InChI=1S/C17H20BrN3O/c1-22-16-6-5-14(12-15(16)18)13-20-8-10-21(11-9-20)17-4-2-3-7-19-17/h2-7,12H,8-11,13H2,1H3. The summed E-state index contributed by atoms with van der Waals surface area (Å²) in [6.07, 6.45) is 1.86. The van der Waals surface area contributed by atoms with Crippen LogP contribution in [0.1, 0.15) is 5.56 Å². The molecule has 3 rings (SSSR count). The Hall–Kier alpha value is -1.59. The van der Waals surface area contributed by atoms with E-state index in [0.29, 0.717) is 0 Å². The van der Waals surface area contributed by atoms with E-state index in [0.717, 1.165) is 48.8 Å². The van der Waals surface area contributed by atoms with Crippen molar-refractivity contribution in [2.24, 2.45) is 0 Å². The van der Waals surface area contributed by atoms with Crippen LogP contribution in [-0.2, 0) is 6.54 Å². The molecule has 116 valence electrons. The van der Waals surface area contributed by atoms with Crippen LogP contribution in [-0.4, -0.2) is 43.2 Å². The first kappa shape index (κ1) is 15.3. The monoisotopic (exact) mass is 361 g/mol. The molecule has 0 radical (unpaired) electrons. The van der Waals surface area contributed by atoms with E-state index in [1.165, 1.54) is 5.56 Å².